The molecule has 0 saturated carbocycles. The molecule has 0 saturated heterocycles. The molecule has 5 heteroatoms. The van der Waals surface area contributed by atoms with E-state index in [1.807, 2.05) is 30.3 Å². The molecule has 0 unspecified atom stereocenters. The summed E-state index contributed by atoms with van der Waals surface area (Å²) in [7, 11) is 1.44. The lowest BCUT2D eigenvalue weighted by Gasteiger charge is -2.06. The van der Waals surface area contributed by atoms with E-state index < -0.39 is 12.0 Å². The van der Waals surface area contributed by atoms with E-state index in [1.54, 1.807) is 0 Å². The fourth-order valence-electron chi connectivity index (χ4n) is 1.18. The zero-order valence-corrected chi connectivity index (χ0v) is 8.46. The van der Waals surface area contributed by atoms with Gasteiger partial charge in [-0.1, -0.05) is 30.3 Å². The summed E-state index contributed by atoms with van der Waals surface area (Å²) in [6, 6.07) is 8.59. The molecule has 0 spiro atoms. The third-order valence-corrected chi connectivity index (χ3v) is 1.90. The number of aliphatic carboxylic acids is 1. The van der Waals surface area contributed by atoms with Gasteiger partial charge in [0.1, 0.15) is 0 Å². The molecule has 1 aromatic rings. The molecule has 1 atom stereocenters. The van der Waals surface area contributed by atoms with Gasteiger partial charge >= 0.3 is 14.0 Å². The van der Waals surface area contributed by atoms with Gasteiger partial charge in [0, 0.05) is 6.42 Å². The molecule has 0 aliphatic rings. The van der Waals surface area contributed by atoms with Gasteiger partial charge in [0.2, 0.25) is 0 Å². The van der Waals surface area contributed by atoms with E-state index in [4.69, 9.17) is 5.11 Å². The minimum atomic E-state index is -0.952. The van der Waals surface area contributed by atoms with Crippen molar-refractivity contribution < 1.29 is 14.6 Å². The summed E-state index contributed by atoms with van der Waals surface area (Å²) in [6.07, 6.45) is 1.53. The Kier molecular flexibility index (Phi) is 4.41. The molecule has 0 aromatic heterocycles. The molecule has 0 aliphatic heterocycles. The summed E-state index contributed by atoms with van der Waals surface area (Å²) < 4.78 is 4.61. The Morgan fingerprint density at radius 3 is 2.73 bits per heavy atom. The standard InChI is InChI=1S/C10H12BNO3/c11-15-7-12-9(10(13)14)6-8-4-2-1-3-5-8/h1-5,7,9H,6,11H2,(H,13,14)/t9-/m0/s1. The third-order valence-electron chi connectivity index (χ3n) is 1.90. The second-order valence-corrected chi connectivity index (χ2v) is 3.03. The van der Waals surface area contributed by atoms with E-state index in [9.17, 15) is 4.79 Å². The Balaban J connectivity index is 2.67. The first-order chi connectivity index (χ1) is 7.24. The van der Waals surface area contributed by atoms with Crippen molar-refractivity contribution in [2.75, 3.05) is 0 Å². The van der Waals surface area contributed by atoms with Crippen LogP contribution in [0.5, 0.6) is 0 Å². The lowest BCUT2D eigenvalue weighted by molar-refractivity contribution is -0.138. The summed E-state index contributed by atoms with van der Waals surface area (Å²) in [5.41, 5.74) is 0.943. The Hall–Kier alpha value is -1.78. The van der Waals surface area contributed by atoms with Crippen LogP contribution in [0.15, 0.2) is 35.3 Å². The molecule has 0 bridgehead atoms. The lowest BCUT2D eigenvalue weighted by atomic mass is 10.1. The average Bonchev–Trinajstić information content (AvgIpc) is 2.25. The molecular weight excluding hydrogens is 193 g/mol. The van der Waals surface area contributed by atoms with Gasteiger partial charge in [0.05, 0.1) is 0 Å². The van der Waals surface area contributed by atoms with Gasteiger partial charge in [-0.15, -0.1) is 0 Å². The highest BCUT2D eigenvalue weighted by molar-refractivity contribution is 6.02. The van der Waals surface area contributed by atoms with Gasteiger partial charge in [0.15, 0.2) is 12.4 Å². The van der Waals surface area contributed by atoms with Crippen LogP contribution < -0.4 is 0 Å². The van der Waals surface area contributed by atoms with Crippen molar-refractivity contribution in [3.63, 3.8) is 0 Å². The van der Waals surface area contributed by atoms with Crippen LogP contribution in [0, 0.1) is 0 Å². The highest BCUT2D eigenvalue weighted by Crippen LogP contribution is 2.05. The summed E-state index contributed by atoms with van der Waals surface area (Å²) in [5, 5.41) is 8.89. The van der Waals surface area contributed by atoms with Gasteiger partial charge in [0.25, 0.3) is 0 Å². The molecular formula is C10H12BNO3. The van der Waals surface area contributed by atoms with Gasteiger partial charge in [-0.3, -0.25) is 0 Å². The molecule has 4 nitrogen and oxygen atoms in total. The molecule has 1 N–H and O–H groups in total. The van der Waals surface area contributed by atoms with Crippen molar-refractivity contribution in [1.82, 2.24) is 0 Å². The number of benzene rings is 1. The predicted molar refractivity (Wildman–Crippen MR) is 59.7 cm³/mol. The summed E-state index contributed by atoms with van der Waals surface area (Å²) in [5.74, 6) is -0.952. The highest BCUT2D eigenvalue weighted by atomic mass is 16.4. The monoisotopic (exact) mass is 205 g/mol. The van der Waals surface area contributed by atoms with E-state index in [-0.39, 0.29) is 0 Å². The normalized spacial score (nSPS) is 12.5. The van der Waals surface area contributed by atoms with E-state index >= 15 is 0 Å². The fourth-order valence-corrected chi connectivity index (χ4v) is 1.18. The quantitative estimate of drug-likeness (QED) is 0.426. The summed E-state index contributed by atoms with van der Waals surface area (Å²) in [4.78, 5) is 14.6. The highest BCUT2D eigenvalue weighted by Gasteiger charge is 2.15. The topological polar surface area (TPSA) is 58.9 Å². The maximum atomic E-state index is 10.8. The predicted octanol–water partition coefficient (Wildman–Crippen LogP) is 0.275. The van der Waals surface area contributed by atoms with Crippen LogP contribution in [0.2, 0.25) is 0 Å². The van der Waals surface area contributed by atoms with Crippen LogP contribution in [0.1, 0.15) is 5.56 Å². The van der Waals surface area contributed by atoms with E-state index in [2.05, 4.69) is 9.65 Å². The van der Waals surface area contributed by atoms with Gasteiger partial charge in [-0.05, 0) is 5.56 Å². The number of carbonyl (C=O) groups is 1. The lowest BCUT2D eigenvalue weighted by Crippen LogP contribution is -2.21. The first-order valence-corrected chi connectivity index (χ1v) is 4.55. The smallest absolute Gasteiger partial charge is 0.328 e. The third kappa shape index (κ3) is 3.85. The van der Waals surface area contributed by atoms with Crippen LogP contribution in [-0.4, -0.2) is 31.6 Å². The maximum absolute atomic E-state index is 10.8. The number of carboxylic acid groups (broad SMARTS) is 1. The Morgan fingerprint density at radius 1 is 1.53 bits per heavy atom. The Labute approximate surface area is 89.0 Å². The molecule has 0 fully saturated rings. The van der Waals surface area contributed by atoms with Crippen molar-refractivity contribution in [1.29, 1.82) is 0 Å². The van der Waals surface area contributed by atoms with Crippen molar-refractivity contribution in [3.05, 3.63) is 35.9 Å². The maximum Gasteiger partial charge on any atom is 0.328 e. The Bertz CT molecular complexity index is 340. The summed E-state index contributed by atoms with van der Waals surface area (Å²) >= 11 is 0. The first kappa shape index (κ1) is 11.3. The van der Waals surface area contributed by atoms with Gasteiger partial charge in [-0.25, -0.2) is 9.79 Å². The van der Waals surface area contributed by atoms with Crippen LogP contribution in [0.25, 0.3) is 0 Å². The molecule has 0 amide bonds. The zero-order chi connectivity index (χ0) is 11.1. The van der Waals surface area contributed by atoms with E-state index in [0.717, 1.165) is 12.0 Å². The zero-order valence-electron chi connectivity index (χ0n) is 8.46. The second kappa shape index (κ2) is 5.85. The number of aliphatic imine (C=N–C) groups is 1. The van der Waals surface area contributed by atoms with Gasteiger partial charge in [-0.2, -0.15) is 0 Å². The number of hydrogen-bond acceptors (Lipinski definition) is 3. The van der Waals surface area contributed by atoms with Crippen LogP contribution in [0.3, 0.4) is 0 Å². The molecule has 78 valence electrons. The minimum Gasteiger partial charge on any atom is -0.560 e. The number of carboxylic acids is 1. The van der Waals surface area contributed by atoms with Crippen LogP contribution >= 0.6 is 0 Å². The molecule has 0 heterocycles. The largest absolute Gasteiger partial charge is 0.560 e. The molecule has 1 aromatic carbocycles. The van der Waals surface area contributed by atoms with Crippen LogP contribution in [0.4, 0.5) is 0 Å². The van der Waals surface area contributed by atoms with Crippen molar-refractivity contribution in [2.24, 2.45) is 4.99 Å². The molecule has 15 heavy (non-hydrogen) atoms. The first-order valence-electron chi connectivity index (χ1n) is 4.55. The SMILES string of the molecule is BOC=N[C@@H](Cc1ccccc1)C(=O)O. The van der Waals surface area contributed by atoms with E-state index in [0.29, 0.717) is 6.42 Å². The summed E-state index contributed by atoms with van der Waals surface area (Å²) in [6.45, 7) is 0. The van der Waals surface area contributed by atoms with E-state index in [1.165, 1.54) is 8.05 Å². The molecule has 0 radical (unpaired) electrons. The number of hydrogen-bond donors (Lipinski definition) is 1. The second-order valence-electron chi connectivity index (χ2n) is 3.03. The number of nitrogens with zero attached hydrogens (tertiary/aromatic N) is 1. The molecule has 1 rings (SSSR count). The minimum absolute atomic E-state index is 0.371. The Morgan fingerprint density at radius 2 is 2.20 bits per heavy atom. The number of rotatable bonds is 5. The van der Waals surface area contributed by atoms with Crippen molar-refractivity contribution in [3.8, 4) is 0 Å². The van der Waals surface area contributed by atoms with Crippen molar-refractivity contribution in [2.45, 2.75) is 12.5 Å². The van der Waals surface area contributed by atoms with Crippen molar-refractivity contribution >= 4 is 20.4 Å². The average molecular weight is 205 g/mol. The van der Waals surface area contributed by atoms with Crippen LogP contribution in [-0.2, 0) is 15.9 Å². The molecule has 0 aliphatic carbocycles. The van der Waals surface area contributed by atoms with Gasteiger partial charge < -0.3 is 9.76 Å². The fraction of sp³-hybridized carbons (Fsp3) is 0.200.